The molecule has 2 aromatic rings. The van der Waals surface area contributed by atoms with Crippen LogP contribution in [0.5, 0.6) is 0 Å². The summed E-state index contributed by atoms with van der Waals surface area (Å²) in [5, 5.41) is 11.6. The third-order valence-corrected chi connectivity index (χ3v) is 5.48. The zero-order valence-electron chi connectivity index (χ0n) is 13.8. The van der Waals surface area contributed by atoms with Gasteiger partial charge in [-0.3, -0.25) is 9.80 Å². The van der Waals surface area contributed by atoms with Crippen molar-refractivity contribution in [2.75, 3.05) is 26.2 Å². The molecule has 1 aromatic heterocycles. The Hall–Kier alpha value is -1.20. The third kappa shape index (κ3) is 4.64. The van der Waals surface area contributed by atoms with Gasteiger partial charge in [-0.15, -0.1) is 11.3 Å². The molecule has 0 unspecified atom stereocenters. The van der Waals surface area contributed by atoms with E-state index in [9.17, 15) is 5.11 Å². The van der Waals surface area contributed by atoms with Gasteiger partial charge < -0.3 is 5.11 Å². The second-order valence-corrected chi connectivity index (χ2v) is 7.47. The average molecular weight is 330 g/mol. The predicted octanol–water partition coefficient (Wildman–Crippen LogP) is 3.13. The topological polar surface area (TPSA) is 26.7 Å². The molecule has 1 saturated heterocycles. The largest absolute Gasteiger partial charge is 0.396 e. The van der Waals surface area contributed by atoms with Gasteiger partial charge in [-0.05, 0) is 30.4 Å². The van der Waals surface area contributed by atoms with Crippen molar-refractivity contribution < 1.29 is 5.11 Å². The summed E-state index contributed by atoms with van der Waals surface area (Å²) in [7, 11) is 0. The van der Waals surface area contributed by atoms with Crippen molar-refractivity contribution in [2.24, 2.45) is 0 Å². The Kier molecular flexibility index (Phi) is 5.84. The van der Waals surface area contributed by atoms with Crippen LogP contribution in [0.1, 0.15) is 22.4 Å². The van der Waals surface area contributed by atoms with Gasteiger partial charge in [0.2, 0.25) is 0 Å². The summed E-state index contributed by atoms with van der Waals surface area (Å²) in [5.74, 6) is 0. The van der Waals surface area contributed by atoms with Crippen LogP contribution in [0.15, 0.2) is 41.8 Å². The van der Waals surface area contributed by atoms with E-state index >= 15 is 0 Å². The molecule has 1 atom stereocenters. The number of benzene rings is 1. The molecule has 2 heterocycles. The zero-order chi connectivity index (χ0) is 16.1. The molecule has 3 nitrogen and oxygen atoms in total. The fourth-order valence-corrected chi connectivity index (χ4v) is 4.02. The van der Waals surface area contributed by atoms with Crippen LogP contribution in [0.4, 0.5) is 0 Å². The van der Waals surface area contributed by atoms with Crippen molar-refractivity contribution >= 4 is 11.3 Å². The third-order valence-electron chi connectivity index (χ3n) is 4.62. The van der Waals surface area contributed by atoms with Crippen LogP contribution in [-0.2, 0) is 13.1 Å². The number of aryl methyl sites for hydroxylation is 1. The lowest BCUT2D eigenvalue weighted by Gasteiger charge is -2.41. The van der Waals surface area contributed by atoms with Gasteiger partial charge in [-0.25, -0.2) is 0 Å². The summed E-state index contributed by atoms with van der Waals surface area (Å²) in [5.41, 5.74) is 2.69. The quantitative estimate of drug-likeness (QED) is 0.881. The van der Waals surface area contributed by atoms with Crippen molar-refractivity contribution in [1.29, 1.82) is 0 Å². The average Bonchev–Trinajstić information content (AvgIpc) is 3.05. The van der Waals surface area contributed by atoms with Crippen LogP contribution < -0.4 is 0 Å². The van der Waals surface area contributed by atoms with Gasteiger partial charge in [0.15, 0.2) is 0 Å². The Bertz CT molecular complexity index is 582. The normalized spacial score (nSPS) is 20.0. The summed E-state index contributed by atoms with van der Waals surface area (Å²) in [4.78, 5) is 6.48. The van der Waals surface area contributed by atoms with Gasteiger partial charge in [-0.1, -0.05) is 35.9 Å². The molecule has 3 rings (SSSR count). The van der Waals surface area contributed by atoms with Gasteiger partial charge in [-0.2, -0.15) is 0 Å². The zero-order valence-corrected chi connectivity index (χ0v) is 14.6. The van der Waals surface area contributed by atoms with E-state index in [0.717, 1.165) is 39.1 Å². The van der Waals surface area contributed by atoms with Gasteiger partial charge in [0.25, 0.3) is 0 Å². The van der Waals surface area contributed by atoms with Crippen molar-refractivity contribution in [2.45, 2.75) is 32.5 Å². The first-order valence-corrected chi connectivity index (χ1v) is 9.28. The molecule has 124 valence electrons. The van der Waals surface area contributed by atoms with Crippen LogP contribution >= 0.6 is 11.3 Å². The number of hydrogen-bond acceptors (Lipinski definition) is 4. The lowest BCUT2D eigenvalue weighted by atomic mass is 10.1. The second kappa shape index (κ2) is 8.06. The molecule has 0 radical (unpaired) electrons. The van der Waals surface area contributed by atoms with Gasteiger partial charge in [0, 0.05) is 50.2 Å². The molecule has 0 aliphatic carbocycles. The SMILES string of the molecule is Cc1ccc(CN2CCN(Cc3cccs3)[C@@H](CCO)C2)cc1. The molecule has 0 bridgehead atoms. The maximum atomic E-state index is 9.43. The molecule has 23 heavy (non-hydrogen) atoms. The first kappa shape index (κ1) is 16.7. The summed E-state index contributed by atoms with van der Waals surface area (Å²) in [6.07, 6.45) is 0.857. The summed E-state index contributed by atoms with van der Waals surface area (Å²) >= 11 is 1.82. The van der Waals surface area contributed by atoms with Crippen molar-refractivity contribution in [1.82, 2.24) is 9.80 Å². The van der Waals surface area contributed by atoms with E-state index in [4.69, 9.17) is 0 Å². The molecule has 1 N–H and O–H groups in total. The molecule has 1 aromatic carbocycles. The maximum Gasteiger partial charge on any atom is 0.0446 e. The number of rotatable bonds is 6. The highest BCUT2D eigenvalue weighted by molar-refractivity contribution is 7.09. The van der Waals surface area contributed by atoms with E-state index in [-0.39, 0.29) is 6.61 Å². The Balaban J connectivity index is 1.60. The van der Waals surface area contributed by atoms with E-state index in [1.807, 2.05) is 11.3 Å². The number of aliphatic hydroxyl groups is 1. The van der Waals surface area contributed by atoms with Gasteiger partial charge in [0.05, 0.1) is 0 Å². The monoisotopic (exact) mass is 330 g/mol. The van der Waals surface area contributed by atoms with Crippen molar-refractivity contribution in [3.8, 4) is 0 Å². The Morgan fingerprint density at radius 2 is 1.96 bits per heavy atom. The second-order valence-electron chi connectivity index (χ2n) is 6.44. The highest BCUT2D eigenvalue weighted by Gasteiger charge is 2.26. The van der Waals surface area contributed by atoms with Gasteiger partial charge in [0.1, 0.15) is 0 Å². The minimum absolute atomic E-state index is 0.268. The number of piperazine rings is 1. The maximum absolute atomic E-state index is 9.43. The molecular formula is C19H26N2OS. The van der Waals surface area contributed by atoms with E-state index in [0.29, 0.717) is 6.04 Å². The van der Waals surface area contributed by atoms with E-state index < -0.39 is 0 Å². The first-order valence-electron chi connectivity index (χ1n) is 8.40. The molecule has 1 fully saturated rings. The Morgan fingerprint density at radius 1 is 1.13 bits per heavy atom. The van der Waals surface area contributed by atoms with Crippen molar-refractivity contribution in [3.63, 3.8) is 0 Å². The highest BCUT2D eigenvalue weighted by Crippen LogP contribution is 2.20. The summed E-state index contributed by atoms with van der Waals surface area (Å²) in [6.45, 7) is 7.64. The Morgan fingerprint density at radius 3 is 2.65 bits per heavy atom. The highest BCUT2D eigenvalue weighted by atomic mass is 32.1. The molecule has 1 aliphatic heterocycles. The van der Waals surface area contributed by atoms with E-state index in [2.05, 4.69) is 58.5 Å². The van der Waals surface area contributed by atoms with Crippen LogP contribution in [0.25, 0.3) is 0 Å². The molecular weight excluding hydrogens is 304 g/mol. The van der Waals surface area contributed by atoms with Crippen LogP contribution in [0.2, 0.25) is 0 Å². The predicted molar refractivity (Wildman–Crippen MR) is 96.7 cm³/mol. The molecule has 1 aliphatic rings. The van der Waals surface area contributed by atoms with Crippen molar-refractivity contribution in [3.05, 3.63) is 57.8 Å². The number of hydrogen-bond donors (Lipinski definition) is 1. The van der Waals surface area contributed by atoms with Crippen LogP contribution in [0, 0.1) is 6.92 Å². The fourth-order valence-electron chi connectivity index (χ4n) is 3.29. The minimum atomic E-state index is 0.268. The van der Waals surface area contributed by atoms with E-state index in [1.54, 1.807) is 0 Å². The standard InChI is InChI=1S/C19H26N2OS/c1-16-4-6-17(7-5-16)13-20-9-10-21(18(14-20)8-11-22)15-19-3-2-12-23-19/h2-7,12,18,22H,8-11,13-15H2,1H3/t18-/m0/s1. The minimum Gasteiger partial charge on any atom is -0.396 e. The van der Waals surface area contributed by atoms with E-state index in [1.165, 1.54) is 16.0 Å². The lowest BCUT2D eigenvalue weighted by molar-refractivity contribution is 0.0506. The first-order chi connectivity index (χ1) is 11.2. The molecule has 4 heteroatoms. The molecule has 0 saturated carbocycles. The fraction of sp³-hybridized carbons (Fsp3) is 0.474. The van der Waals surface area contributed by atoms with Crippen LogP contribution in [-0.4, -0.2) is 47.2 Å². The molecule has 0 spiro atoms. The lowest BCUT2D eigenvalue weighted by Crippen LogP contribution is -2.52. The Labute approximate surface area is 143 Å². The summed E-state index contributed by atoms with van der Waals surface area (Å²) in [6, 6.07) is 13.6. The number of aliphatic hydroxyl groups excluding tert-OH is 1. The molecule has 0 amide bonds. The number of nitrogens with zero attached hydrogens (tertiary/aromatic N) is 2. The van der Waals surface area contributed by atoms with Gasteiger partial charge >= 0.3 is 0 Å². The van der Waals surface area contributed by atoms with Crippen LogP contribution in [0.3, 0.4) is 0 Å². The smallest absolute Gasteiger partial charge is 0.0446 e. The number of thiophene rings is 1. The summed E-state index contributed by atoms with van der Waals surface area (Å²) < 4.78 is 0.